The second-order valence-corrected chi connectivity index (χ2v) is 5.00. The Bertz CT molecular complexity index is 627. The first kappa shape index (κ1) is 12.7. The minimum absolute atomic E-state index is 0.214. The fourth-order valence-corrected chi connectivity index (χ4v) is 2.69. The van der Waals surface area contributed by atoms with Crippen LogP contribution in [-0.2, 0) is 6.42 Å². The van der Waals surface area contributed by atoms with Gasteiger partial charge in [0.25, 0.3) is 0 Å². The van der Waals surface area contributed by atoms with Crippen molar-refractivity contribution in [2.24, 2.45) is 5.84 Å². The lowest BCUT2D eigenvalue weighted by atomic mass is 9.97. The third-order valence-electron chi connectivity index (χ3n) is 3.65. The molecule has 1 aromatic heterocycles. The van der Waals surface area contributed by atoms with Gasteiger partial charge in [0.2, 0.25) is 5.95 Å². The van der Waals surface area contributed by atoms with Gasteiger partial charge in [0.15, 0.2) is 0 Å². The van der Waals surface area contributed by atoms with Crippen molar-refractivity contribution in [1.82, 2.24) is 9.97 Å². The largest absolute Gasteiger partial charge is 0.368 e. The van der Waals surface area contributed by atoms with E-state index in [0.717, 1.165) is 18.7 Å². The average molecular weight is 270 g/mol. The van der Waals surface area contributed by atoms with E-state index in [4.69, 9.17) is 11.6 Å². The maximum absolute atomic E-state index is 5.76. The highest BCUT2D eigenvalue weighted by Gasteiger charge is 2.25. The molecule has 1 unspecified atom stereocenters. The molecule has 2 aromatic rings. The van der Waals surface area contributed by atoms with Gasteiger partial charge in [-0.2, -0.15) is 9.97 Å². The number of hydrogen-bond donors (Lipinski definition) is 3. The van der Waals surface area contributed by atoms with E-state index in [2.05, 4.69) is 45.4 Å². The number of nitrogens with two attached hydrogens (primary N) is 2. The fraction of sp³-hybridized carbons (Fsp3) is 0.286. The van der Waals surface area contributed by atoms with E-state index in [1.54, 1.807) is 0 Å². The fourth-order valence-electron chi connectivity index (χ4n) is 2.69. The molecule has 0 amide bonds. The number of nitrogens with one attached hydrogen (secondary N) is 1. The molecule has 1 aliphatic rings. The van der Waals surface area contributed by atoms with E-state index in [0.29, 0.717) is 11.9 Å². The molecule has 6 heteroatoms. The second-order valence-electron chi connectivity index (χ2n) is 5.00. The van der Waals surface area contributed by atoms with Crippen molar-refractivity contribution in [2.45, 2.75) is 25.8 Å². The van der Waals surface area contributed by atoms with Crippen molar-refractivity contribution < 1.29 is 0 Å². The van der Waals surface area contributed by atoms with Crippen LogP contribution in [0.4, 0.5) is 23.3 Å². The lowest BCUT2D eigenvalue weighted by Crippen LogP contribution is -2.34. The molecular weight excluding hydrogens is 252 g/mol. The first-order valence-corrected chi connectivity index (χ1v) is 6.67. The molecule has 1 aliphatic heterocycles. The molecule has 3 rings (SSSR count). The van der Waals surface area contributed by atoms with Crippen molar-refractivity contribution in [3.05, 3.63) is 35.9 Å². The van der Waals surface area contributed by atoms with Crippen LogP contribution < -0.4 is 21.9 Å². The van der Waals surface area contributed by atoms with E-state index in [9.17, 15) is 0 Å². The Hall–Kier alpha value is -2.34. The summed E-state index contributed by atoms with van der Waals surface area (Å²) >= 11 is 0. The number of hydrogen-bond acceptors (Lipinski definition) is 6. The zero-order valence-electron chi connectivity index (χ0n) is 11.4. The first-order valence-electron chi connectivity index (χ1n) is 6.67. The Kier molecular flexibility index (Phi) is 3.15. The van der Waals surface area contributed by atoms with Crippen LogP contribution >= 0.6 is 0 Å². The number of nitrogens with zero attached hydrogens (tertiary/aromatic N) is 3. The Morgan fingerprint density at radius 1 is 1.30 bits per heavy atom. The quantitative estimate of drug-likeness (QED) is 0.569. The Morgan fingerprint density at radius 2 is 2.10 bits per heavy atom. The number of hydrazine groups is 1. The van der Waals surface area contributed by atoms with Gasteiger partial charge in [-0.15, -0.1) is 0 Å². The van der Waals surface area contributed by atoms with Crippen LogP contribution in [0.1, 0.15) is 18.9 Å². The number of aryl methyl sites for hydroxylation is 1. The molecule has 1 atom stereocenters. The smallest absolute Gasteiger partial charge is 0.224 e. The molecule has 0 fully saturated rings. The number of nitrogen functional groups attached to an aromatic ring is 2. The summed E-state index contributed by atoms with van der Waals surface area (Å²) in [7, 11) is 0. The lowest BCUT2D eigenvalue weighted by Gasteiger charge is -2.36. The topological polar surface area (TPSA) is 93.1 Å². The van der Waals surface area contributed by atoms with Gasteiger partial charge in [-0.05, 0) is 31.4 Å². The highest BCUT2D eigenvalue weighted by molar-refractivity contribution is 5.68. The molecule has 5 N–H and O–H groups in total. The van der Waals surface area contributed by atoms with Crippen LogP contribution in [-0.4, -0.2) is 16.0 Å². The zero-order valence-corrected chi connectivity index (χ0v) is 11.4. The number of benzene rings is 1. The SMILES string of the molecule is CC1CCc2ccccc2N1c1cc(NN)nc(N)n1. The number of para-hydroxylation sites is 1. The lowest BCUT2D eigenvalue weighted by molar-refractivity contribution is 0.613. The van der Waals surface area contributed by atoms with Gasteiger partial charge in [0, 0.05) is 17.8 Å². The van der Waals surface area contributed by atoms with Crippen LogP contribution in [0, 0.1) is 0 Å². The van der Waals surface area contributed by atoms with Gasteiger partial charge in [-0.25, -0.2) is 5.84 Å². The number of rotatable bonds is 2. The molecule has 104 valence electrons. The Balaban J connectivity index is 2.11. The van der Waals surface area contributed by atoms with Crippen molar-refractivity contribution >= 4 is 23.3 Å². The summed E-state index contributed by atoms with van der Waals surface area (Å²) in [6.45, 7) is 2.18. The molecular formula is C14H18N6. The number of anilines is 4. The predicted molar refractivity (Wildman–Crippen MR) is 80.6 cm³/mol. The third-order valence-corrected chi connectivity index (χ3v) is 3.65. The van der Waals surface area contributed by atoms with E-state index in [1.807, 2.05) is 12.1 Å². The van der Waals surface area contributed by atoms with Crippen LogP contribution in [0.2, 0.25) is 0 Å². The summed E-state index contributed by atoms with van der Waals surface area (Å²) in [6, 6.07) is 10.5. The van der Waals surface area contributed by atoms with Crippen LogP contribution in [0.3, 0.4) is 0 Å². The minimum atomic E-state index is 0.214. The van der Waals surface area contributed by atoms with Gasteiger partial charge in [0.1, 0.15) is 11.6 Å². The molecule has 0 spiro atoms. The Morgan fingerprint density at radius 3 is 2.90 bits per heavy atom. The van der Waals surface area contributed by atoms with Gasteiger partial charge >= 0.3 is 0 Å². The number of fused-ring (bicyclic) bond motifs is 1. The molecule has 2 heterocycles. The standard InChI is InChI=1S/C14H18N6/c1-9-6-7-10-4-2-3-5-11(10)20(9)13-8-12(19-16)17-14(15)18-13/h2-5,8-9H,6-7,16H2,1H3,(H3,15,17,18,19). The monoisotopic (exact) mass is 270 g/mol. The second kappa shape index (κ2) is 4.97. The molecule has 0 radical (unpaired) electrons. The molecule has 6 nitrogen and oxygen atoms in total. The van der Waals surface area contributed by atoms with Crippen molar-refractivity contribution in [1.29, 1.82) is 0 Å². The summed E-state index contributed by atoms with van der Waals surface area (Å²) in [6.07, 6.45) is 2.16. The third kappa shape index (κ3) is 2.14. The van der Waals surface area contributed by atoms with Crippen molar-refractivity contribution in [2.75, 3.05) is 16.1 Å². The molecule has 20 heavy (non-hydrogen) atoms. The maximum Gasteiger partial charge on any atom is 0.224 e. The van der Waals surface area contributed by atoms with Gasteiger partial charge in [-0.3, -0.25) is 0 Å². The summed E-state index contributed by atoms with van der Waals surface area (Å²) in [5.74, 6) is 6.93. The van der Waals surface area contributed by atoms with E-state index >= 15 is 0 Å². The Labute approximate surface area is 117 Å². The molecule has 0 aliphatic carbocycles. The summed E-state index contributed by atoms with van der Waals surface area (Å²) in [4.78, 5) is 10.6. The normalized spacial score (nSPS) is 17.7. The van der Waals surface area contributed by atoms with Crippen molar-refractivity contribution in [3.8, 4) is 0 Å². The van der Waals surface area contributed by atoms with E-state index in [-0.39, 0.29) is 5.95 Å². The highest BCUT2D eigenvalue weighted by Crippen LogP contribution is 2.36. The summed E-state index contributed by atoms with van der Waals surface area (Å²) in [5, 5.41) is 0. The summed E-state index contributed by atoms with van der Waals surface area (Å²) in [5.41, 5.74) is 10.8. The number of aromatic nitrogens is 2. The molecule has 0 saturated carbocycles. The predicted octanol–water partition coefficient (Wildman–Crippen LogP) is 1.82. The minimum Gasteiger partial charge on any atom is -0.368 e. The van der Waals surface area contributed by atoms with Crippen LogP contribution in [0.5, 0.6) is 0 Å². The van der Waals surface area contributed by atoms with Gasteiger partial charge in [-0.1, -0.05) is 18.2 Å². The zero-order chi connectivity index (χ0) is 14.1. The van der Waals surface area contributed by atoms with Crippen molar-refractivity contribution in [3.63, 3.8) is 0 Å². The van der Waals surface area contributed by atoms with Gasteiger partial charge < -0.3 is 16.1 Å². The maximum atomic E-state index is 5.76. The van der Waals surface area contributed by atoms with E-state index in [1.165, 1.54) is 11.3 Å². The van der Waals surface area contributed by atoms with E-state index < -0.39 is 0 Å². The van der Waals surface area contributed by atoms with Gasteiger partial charge in [0.05, 0.1) is 0 Å². The first-order chi connectivity index (χ1) is 9.69. The highest BCUT2D eigenvalue weighted by atomic mass is 15.3. The molecule has 0 saturated heterocycles. The van der Waals surface area contributed by atoms with Crippen LogP contribution in [0.25, 0.3) is 0 Å². The molecule has 0 bridgehead atoms. The molecule has 1 aromatic carbocycles. The average Bonchev–Trinajstić information content (AvgIpc) is 2.46. The summed E-state index contributed by atoms with van der Waals surface area (Å²) < 4.78 is 0. The van der Waals surface area contributed by atoms with Crippen LogP contribution in [0.15, 0.2) is 30.3 Å².